The predicted octanol–water partition coefficient (Wildman–Crippen LogP) is 2.12. The van der Waals surface area contributed by atoms with Crippen LogP contribution in [-0.4, -0.2) is 49.8 Å². The summed E-state index contributed by atoms with van der Waals surface area (Å²) >= 11 is 0. The quantitative estimate of drug-likeness (QED) is 0.799. The molecule has 0 aromatic heterocycles. The summed E-state index contributed by atoms with van der Waals surface area (Å²) in [7, 11) is 1.79. The Morgan fingerprint density at radius 3 is 2.65 bits per heavy atom. The molecule has 102 valence electrons. The Morgan fingerprint density at radius 2 is 2.06 bits per heavy atom. The van der Waals surface area contributed by atoms with E-state index in [4.69, 9.17) is 4.74 Å². The summed E-state index contributed by atoms with van der Waals surface area (Å²) in [5.74, 6) is 0.764. The highest BCUT2D eigenvalue weighted by Gasteiger charge is 2.26. The fraction of sp³-hybridized carbons (Fsp3) is 1.00. The molecule has 3 unspecified atom stereocenters. The third-order valence-corrected chi connectivity index (χ3v) is 3.72. The topological polar surface area (TPSA) is 24.5 Å². The first-order valence-corrected chi connectivity index (χ1v) is 7.02. The zero-order chi connectivity index (χ0) is 12.8. The molecule has 1 heterocycles. The minimum absolute atomic E-state index is 0.518. The van der Waals surface area contributed by atoms with Crippen LogP contribution in [0.15, 0.2) is 0 Å². The molecule has 0 saturated carbocycles. The fourth-order valence-corrected chi connectivity index (χ4v) is 2.84. The van der Waals surface area contributed by atoms with Gasteiger partial charge in [-0.3, -0.25) is 4.90 Å². The van der Waals surface area contributed by atoms with Gasteiger partial charge in [0.25, 0.3) is 0 Å². The first kappa shape index (κ1) is 14.9. The smallest absolute Gasteiger partial charge is 0.0615 e. The molecule has 1 aliphatic rings. The minimum atomic E-state index is 0.518. The summed E-state index contributed by atoms with van der Waals surface area (Å²) in [4.78, 5) is 2.61. The lowest BCUT2D eigenvalue weighted by molar-refractivity contribution is 0.0717. The standard InChI is InChI=1S/C14H30N2O/c1-11(2)8-14-9-16(13(4)10-17-5)12(3)6-7-15-14/h11-15H,6-10H2,1-5H3. The Labute approximate surface area is 107 Å². The molecule has 1 aliphatic heterocycles. The first-order valence-electron chi connectivity index (χ1n) is 7.02. The largest absolute Gasteiger partial charge is 0.383 e. The first-order chi connectivity index (χ1) is 8.04. The summed E-state index contributed by atoms with van der Waals surface area (Å²) in [6.45, 7) is 12.4. The molecule has 1 N–H and O–H groups in total. The zero-order valence-corrected chi connectivity index (χ0v) is 12.2. The Bertz CT molecular complexity index is 208. The van der Waals surface area contributed by atoms with Gasteiger partial charge in [0, 0.05) is 31.8 Å². The number of nitrogens with one attached hydrogen (secondary N) is 1. The molecule has 0 amide bonds. The van der Waals surface area contributed by atoms with Crippen molar-refractivity contribution in [3.05, 3.63) is 0 Å². The molecule has 0 aromatic carbocycles. The third kappa shape index (κ3) is 4.94. The van der Waals surface area contributed by atoms with Crippen LogP contribution in [0.25, 0.3) is 0 Å². The van der Waals surface area contributed by atoms with Crippen molar-refractivity contribution in [2.45, 2.75) is 58.7 Å². The van der Waals surface area contributed by atoms with E-state index < -0.39 is 0 Å². The van der Waals surface area contributed by atoms with Crippen LogP contribution in [0.4, 0.5) is 0 Å². The average molecular weight is 242 g/mol. The monoisotopic (exact) mass is 242 g/mol. The van der Waals surface area contributed by atoms with E-state index in [1.165, 1.54) is 12.8 Å². The second kappa shape index (κ2) is 7.34. The lowest BCUT2D eigenvalue weighted by Crippen LogP contribution is -2.46. The van der Waals surface area contributed by atoms with Gasteiger partial charge in [0.1, 0.15) is 0 Å². The summed E-state index contributed by atoms with van der Waals surface area (Å²) in [6.07, 6.45) is 2.51. The maximum absolute atomic E-state index is 5.30. The van der Waals surface area contributed by atoms with Gasteiger partial charge in [-0.2, -0.15) is 0 Å². The summed E-state index contributed by atoms with van der Waals surface area (Å²) < 4.78 is 5.30. The molecule has 3 atom stereocenters. The van der Waals surface area contributed by atoms with Gasteiger partial charge < -0.3 is 10.1 Å². The molecule has 0 aliphatic carbocycles. The van der Waals surface area contributed by atoms with Gasteiger partial charge in [-0.25, -0.2) is 0 Å². The van der Waals surface area contributed by atoms with Crippen LogP contribution in [-0.2, 0) is 4.74 Å². The van der Waals surface area contributed by atoms with E-state index in [-0.39, 0.29) is 0 Å². The van der Waals surface area contributed by atoms with Crippen molar-refractivity contribution < 1.29 is 4.74 Å². The number of ether oxygens (including phenoxy) is 1. The average Bonchev–Trinajstić information content (AvgIpc) is 2.40. The van der Waals surface area contributed by atoms with E-state index in [0.717, 1.165) is 25.6 Å². The number of rotatable bonds is 5. The molecule has 3 heteroatoms. The van der Waals surface area contributed by atoms with Crippen molar-refractivity contribution in [3.63, 3.8) is 0 Å². The van der Waals surface area contributed by atoms with E-state index in [2.05, 4.69) is 37.9 Å². The Balaban J connectivity index is 2.58. The van der Waals surface area contributed by atoms with E-state index in [1.54, 1.807) is 7.11 Å². The Morgan fingerprint density at radius 1 is 1.35 bits per heavy atom. The van der Waals surface area contributed by atoms with Crippen molar-refractivity contribution in [3.8, 4) is 0 Å². The van der Waals surface area contributed by atoms with Crippen LogP contribution < -0.4 is 5.32 Å². The maximum atomic E-state index is 5.30. The molecular weight excluding hydrogens is 212 g/mol. The number of hydrogen-bond donors (Lipinski definition) is 1. The van der Waals surface area contributed by atoms with Crippen LogP contribution >= 0.6 is 0 Å². The van der Waals surface area contributed by atoms with Gasteiger partial charge in [-0.15, -0.1) is 0 Å². The fourth-order valence-electron chi connectivity index (χ4n) is 2.84. The molecule has 0 spiro atoms. The summed E-state index contributed by atoms with van der Waals surface area (Å²) in [5.41, 5.74) is 0. The van der Waals surface area contributed by atoms with Crippen molar-refractivity contribution in [2.75, 3.05) is 26.8 Å². The molecule has 0 radical (unpaired) electrons. The van der Waals surface area contributed by atoms with Gasteiger partial charge in [0.05, 0.1) is 6.61 Å². The van der Waals surface area contributed by atoms with Crippen molar-refractivity contribution in [1.29, 1.82) is 0 Å². The van der Waals surface area contributed by atoms with Gasteiger partial charge in [0.2, 0.25) is 0 Å². The number of hydrogen-bond acceptors (Lipinski definition) is 3. The Hall–Kier alpha value is -0.120. The van der Waals surface area contributed by atoms with Crippen molar-refractivity contribution >= 4 is 0 Å². The van der Waals surface area contributed by atoms with Gasteiger partial charge in [0.15, 0.2) is 0 Å². The molecule has 1 saturated heterocycles. The third-order valence-electron chi connectivity index (χ3n) is 3.72. The van der Waals surface area contributed by atoms with Crippen molar-refractivity contribution in [2.24, 2.45) is 5.92 Å². The normalized spacial score (nSPS) is 29.3. The van der Waals surface area contributed by atoms with Gasteiger partial charge >= 0.3 is 0 Å². The van der Waals surface area contributed by atoms with E-state index in [0.29, 0.717) is 18.1 Å². The highest BCUT2D eigenvalue weighted by molar-refractivity contribution is 4.84. The van der Waals surface area contributed by atoms with E-state index in [9.17, 15) is 0 Å². The number of methoxy groups -OCH3 is 1. The SMILES string of the molecule is COCC(C)N1CC(CC(C)C)NCCC1C. The molecule has 17 heavy (non-hydrogen) atoms. The minimum Gasteiger partial charge on any atom is -0.383 e. The van der Waals surface area contributed by atoms with Crippen molar-refractivity contribution in [1.82, 2.24) is 10.2 Å². The van der Waals surface area contributed by atoms with E-state index in [1.807, 2.05) is 0 Å². The van der Waals surface area contributed by atoms with Crippen LogP contribution in [0.1, 0.15) is 40.5 Å². The van der Waals surface area contributed by atoms with Gasteiger partial charge in [-0.05, 0) is 39.2 Å². The lowest BCUT2D eigenvalue weighted by Gasteiger charge is -2.34. The van der Waals surface area contributed by atoms with Gasteiger partial charge in [-0.1, -0.05) is 13.8 Å². The van der Waals surface area contributed by atoms with Crippen LogP contribution in [0, 0.1) is 5.92 Å². The molecule has 1 rings (SSSR count). The summed E-state index contributed by atoms with van der Waals surface area (Å²) in [5, 5.41) is 3.69. The van der Waals surface area contributed by atoms with E-state index >= 15 is 0 Å². The highest BCUT2D eigenvalue weighted by atomic mass is 16.5. The maximum Gasteiger partial charge on any atom is 0.0615 e. The Kier molecular flexibility index (Phi) is 6.45. The molecule has 0 bridgehead atoms. The molecule has 1 fully saturated rings. The second-order valence-corrected chi connectivity index (χ2v) is 5.92. The summed E-state index contributed by atoms with van der Waals surface area (Å²) in [6, 6.07) is 1.81. The highest BCUT2D eigenvalue weighted by Crippen LogP contribution is 2.16. The molecule has 0 aromatic rings. The van der Waals surface area contributed by atoms with Crippen LogP contribution in [0.3, 0.4) is 0 Å². The number of nitrogens with zero attached hydrogens (tertiary/aromatic N) is 1. The lowest BCUT2D eigenvalue weighted by atomic mass is 10.0. The molecular formula is C14H30N2O. The second-order valence-electron chi connectivity index (χ2n) is 5.92. The predicted molar refractivity (Wildman–Crippen MR) is 73.4 cm³/mol. The van der Waals surface area contributed by atoms with Crippen LogP contribution in [0.2, 0.25) is 0 Å². The molecule has 3 nitrogen and oxygen atoms in total. The van der Waals surface area contributed by atoms with Crippen LogP contribution in [0.5, 0.6) is 0 Å². The zero-order valence-electron chi connectivity index (χ0n) is 12.2.